The Balaban J connectivity index is 2.01. The van der Waals surface area contributed by atoms with Gasteiger partial charge in [-0.2, -0.15) is 0 Å². The molecule has 1 atom stereocenters. The molecular weight excluding hydrogens is 240 g/mol. The van der Waals surface area contributed by atoms with E-state index in [4.69, 9.17) is 9.47 Å². The van der Waals surface area contributed by atoms with Crippen LogP contribution in [-0.2, 0) is 6.54 Å². The minimum absolute atomic E-state index is 0.576. The summed E-state index contributed by atoms with van der Waals surface area (Å²) >= 11 is 0. The van der Waals surface area contributed by atoms with Gasteiger partial charge >= 0.3 is 0 Å². The lowest BCUT2D eigenvalue weighted by molar-refractivity contribution is -0.937. The smallest absolute Gasteiger partial charge is 0.167 e. The highest BCUT2D eigenvalue weighted by Crippen LogP contribution is 2.33. The third-order valence-electron chi connectivity index (χ3n) is 4.51. The largest absolute Gasteiger partial charge is 0.497 e. The molecule has 3 rings (SSSR count). The zero-order valence-corrected chi connectivity index (χ0v) is 11.9. The maximum atomic E-state index is 5.64. The molecule has 0 aliphatic carbocycles. The van der Waals surface area contributed by atoms with Crippen LogP contribution in [0.15, 0.2) is 12.1 Å². The molecule has 0 saturated carbocycles. The number of likely N-dealkylation sites (tertiary alicyclic amines) is 1. The Bertz CT molecular complexity index is 438. The van der Waals surface area contributed by atoms with Gasteiger partial charge in [-0.25, -0.2) is 0 Å². The summed E-state index contributed by atoms with van der Waals surface area (Å²) in [5.74, 6) is 1.91. The third-order valence-corrected chi connectivity index (χ3v) is 4.51. The van der Waals surface area contributed by atoms with E-state index in [1.54, 1.807) is 19.1 Å². The second-order valence-electron chi connectivity index (χ2n) is 5.55. The number of quaternary nitrogens is 2. The summed E-state index contributed by atoms with van der Waals surface area (Å²) in [6.45, 7) is 4.80. The first-order valence-corrected chi connectivity index (χ1v) is 7.24. The Morgan fingerprint density at radius 3 is 2.63 bits per heavy atom. The van der Waals surface area contributed by atoms with Crippen molar-refractivity contribution in [2.45, 2.75) is 25.4 Å². The summed E-state index contributed by atoms with van der Waals surface area (Å²) in [6, 6.07) is 4.79. The number of rotatable bonds is 3. The molecule has 0 radical (unpaired) electrons. The molecule has 0 unspecified atom stereocenters. The minimum Gasteiger partial charge on any atom is -0.497 e. The minimum atomic E-state index is 0.576. The van der Waals surface area contributed by atoms with Gasteiger partial charge in [-0.05, 0) is 6.07 Å². The van der Waals surface area contributed by atoms with Crippen molar-refractivity contribution in [2.24, 2.45) is 0 Å². The van der Waals surface area contributed by atoms with Gasteiger partial charge < -0.3 is 19.7 Å². The van der Waals surface area contributed by atoms with Gasteiger partial charge in [0.25, 0.3) is 0 Å². The molecule has 0 spiro atoms. The van der Waals surface area contributed by atoms with Crippen molar-refractivity contribution >= 4 is 0 Å². The van der Waals surface area contributed by atoms with E-state index in [9.17, 15) is 0 Å². The molecule has 0 amide bonds. The summed E-state index contributed by atoms with van der Waals surface area (Å²) in [6.07, 6.45) is 2.72. The van der Waals surface area contributed by atoms with Gasteiger partial charge in [-0.15, -0.1) is 0 Å². The highest BCUT2D eigenvalue weighted by atomic mass is 16.5. The van der Waals surface area contributed by atoms with Crippen molar-refractivity contribution in [3.05, 3.63) is 23.3 Å². The Labute approximate surface area is 114 Å². The highest BCUT2D eigenvalue weighted by molar-refractivity contribution is 5.48. The quantitative estimate of drug-likeness (QED) is 0.773. The molecule has 2 aliphatic rings. The summed E-state index contributed by atoms with van der Waals surface area (Å²) in [4.78, 5) is 1.72. The van der Waals surface area contributed by atoms with E-state index in [0.717, 1.165) is 18.0 Å². The average molecular weight is 264 g/mol. The topological polar surface area (TPSA) is 39.5 Å². The van der Waals surface area contributed by atoms with Gasteiger partial charge in [0.15, 0.2) is 6.04 Å². The molecule has 0 aromatic heterocycles. The van der Waals surface area contributed by atoms with Crippen LogP contribution < -0.4 is 19.7 Å². The van der Waals surface area contributed by atoms with Crippen LogP contribution in [0, 0.1) is 0 Å². The van der Waals surface area contributed by atoms with E-state index < -0.39 is 0 Å². The molecular formula is C15H24N2O2+2. The fourth-order valence-electron chi connectivity index (χ4n) is 3.58. The first-order chi connectivity index (χ1) is 9.33. The maximum absolute atomic E-state index is 5.64. The van der Waals surface area contributed by atoms with Gasteiger partial charge in [-0.1, -0.05) is 0 Å². The number of fused-ring (bicyclic) bond motifs is 1. The molecule has 1 fully saturated rings. The van der Waals surface area contributed by atoms with Gasteiger partial charge in [0.2, 0.25) is 0 Å². The van der Waals surface area contributed by atoms with Crippen molar-refractivity contribution < 1.29 is 19.7 Å². The van der Waals surface area contributed by atoms with Crippen molar-refractivity contribution in [3.8, 4) is 11.5 Å². The molecule has 2 heterocycles. The Hall–Kier alpha value is -1.26. The van der Waals surface area contributed by atoms with Gasteiger partial charge in [0.1, 0.15) is 24.6 Å². The molecule has 4 nitrogen and oxygen atoms in total. The molecule has 0 bridgehead atoms. The third kappa shape index (κ3) is 2.30. The van der Waals surface area contributed by atoms with Crippen LogP contribution in [0.4, 0.5) is 0 Å². The van der Waals surface area contributed by atoms with Crippen molar-refractivity contribution in [1.29, 1.82) is 0 Å². The number of hydrogen-bond donors (Lipinski definition) is 2. The van der Waals surface area contributed by atoms with Crippen molar-refractivity contribution in [2.75, 3.05) is 33.9 Å². The van der Waals surface area contributed by atoms with Crippen molar-refractivity contribution in [1.82, 2.24) is 0 Å². The molecule has 1 aromatic rings. The summed E-state index contributed by atoms with van der Waals surface area (Å²) in [5.41, 5.74) is 2.80. The second-order valence-corrected chi connectivity index (χ2v) is 5.55. The van der Waals surface area contributed by atoms with Crippen LogP contribution >= 0.6 is 0 Å². The Morgan fingerprint density at radius 1 is 1.16 bits per heavy atom. The lowest BCUT2D eigenvalue weighted by Crippen LogP contribution is -3.13. The van der Waals surface area contributed by atoms with E-state index >= 15 is 0 Å². The molecule has 4 heteroatoms. The van der Waals surface area contributed by atoms with Crippen LogP contribution in [0.1, 0.15) is 30.0 Å². The fourth-order valence-corrected chi connectivity index (χ4v) is 3.58. The zero-order valence-electron chi connectivity index (χ0n) is 11.9. The van der Waals surface area contributed by atoms with Crippen LogP contribution in [0.5, 0.6) is 11.5 Å². The second kappa shape index (κ2) is 5.39. The van der Waals surface area contributed by atoms with Crippen LogP contribution in [-0.4, -0.2) is 33.9 Å². The molecule has 19 heavy (non-hydrogen) atoms. The molecule has 1 aromatic carbocycles. The van der Waals surface area contributed by atoms with E-state index in [2.05, 4.69) is 11.4 Å². The average Bonchev–Trinajstić information content (AvgIpc) is 2.99. The first-order valence-electron chi connectivity index (χ1n) is 7.24. The molecule has 104 valence electrons. The Kier molecular flexibility index (Phi) is 3.62. The first kappa shape index (κ1) is 12.8. The predicted octanol–water partition coefficient (Wildman–Crippen LogP) is -0.499. The van der Waals surface area contributed by atoms with Gasteiger partial charge in [0.05, 0.1) is 32.9 Å². The van der Waals surface area contributed by atoms with E-state index in [1.165, 1.54) is 43.6 Å². The van der Waals surface area contributed by atoms with E-state index in [0.29, 0.717) is 6.04 Å². The van der Waals surface area contributed by atoms with Crippen LogP contribution in [0.25, 0.3) is 0 Å². The molecule has 3 N–H and O–H groups in total. The summed E-state index contributed by atoms with van der Waals surface area (Å²) in [7, 11) is 3.49. The number of methoxy groups -OCH3 is 2. The normalized spacial score (nSPS) is 23.2. The highest BCUT2D eigenvalue weighted by Gasteiger charge is 2.36. The number of benzene rings is 1. The van der Waals surface area contributed by atoms with Crippen molar-refractivity contribution in [3.63, 3.8) is 0 Å². The van der Waals surface area contributed by atoms with E-state index in [1.807, 2.05) is 6.07 Å². The number of hydrogen-bond acceptors (Lipinski definition) is 2. The SMILES string of the molecule is COc1cc2c(c(OC)c1)[C@@H]([NH+]1CCCC1)C[NH2+]C2. The van der Waals surface area contributed by atoms with Gasteiger partial charge in [0, 0.05) is 24.5 Å². The maximum Gasteiger partial charge on any atom is 0.167 e. The number of nitrogens with one attached hydrogen (secondary N) is 1. The van der Waals surface area contributed by atoms with Crippen LogP contribution in [0.3, 0.4) is 0 Å². The molecule has 2 aliphatic heterocycles. The monoisotopic (exact) mass is 264 g/mol. The van der Waals surface area contributed by atoms with E-state index in [-0.39, 0.29) is 0 Å². The standard InChI is InChI=1S/C15H22N2O2/c1-18-12-7-11-9-16-10-13(17-5-3-4-6-17)15(11)14(8-12)19-2/h7-8,13,16H,3-6,9-10H2,1-2H3/p+2/t13-/m0/s1. The lowest BCUT2D eigenvalue weighted by Gasteiger charge is -2.30. The summed E-state index contributed by atoms with van der Waals surface area (Å²) < 4.78 is 11.0. The predicted molar refractivity (Wildman–Crippen MR) is 72.7 cm³/mol. The van der Waals surface area contributed by atoms with Crippen LogP contribution in [0.2, 0.25) is 0 Å². The van der Waals surface area contributed by atoms with Gasteiger partial charge in [-0.3, -0.25) is 0 Å². The lowest BCUT2D eigenvalue weighted by atomic mass is 9.94. The Morgan fingerprint density at radius 2 is 1.95 bits per heavy atom. The fraction of sp³-hybridized carbons (Fsp3) is 0.600. The zero-order chi connectivity index (χ0) is 13.2. The number of ether oxygens (including phenoxy) is 2. The number of nitrogens with two attached hydrogens (primary N) is 1. The summed E-state index contributed by atoms with van der Waals surface area (Å²) in [5, 5.41) is 2.41. The molecule has 1 saturated heterocycles.